The van der Waals surface area contributed by atoms with Gasteiger partial charge in [0.1, 0.15) is 0 Å². The molecule has 0 spiro atoms. The highest BCUT2D eigenvalue weighted by molar-refractivity contribution is 4.99. The zero-order chi connectivity index (χ0) is 10.1. The molecule has 1 saturated carbocycles. The van der Waals surface area contributed by atoms with Crippen LogP contribution in [0.4, 0.5) is 0 Å². The van der Waals surface area contributed by atoms with Crippen molar-refractivity contribution in [3.8, 4) is 6.07 Å². The highest BCUT2D eigenvalue weighted by Gasteiger charge is 2.42. The Kier molecular flexibility index (Phi) is 2.68. The monoisotopic (exact) mass is 180 g/mol. The molecule has 0 radical (unpaired) electrons. The molecule has 1 aliphatic rings. The highest BCUT2D eigenvalue weighted by Crippen LogP contribution is 2.47. The van der Waals surface area contributed by atoms with Gasteiger partial charge in [-0.3, -0.25) is 0 Å². The molecule has 0 aromatic heterocycles. The second-order valence-electron chi connectivity index (χ2n) is 5.25. The molecule has 0 aromatic rings. The molecule has 0 aromatic carbocycles. The Hall–Kier alpha value is -0.550. The molecule has 0 bridgehead atoms. The van der Waals surface area contributed by atoms with Crippen LogP contribution in [0.5, 0.6) is 0 Å². The van der Waals surface area contributed by atoms with E-state index in [2.05, 4.69) is 25.2 Å². The standard InChI is InChI=1S/C11H20N2/c1-9(11(4)5-6-11)13-8-10(2,3)7-12/h9,13H,5-6,8H2,1-4H3. The summed E-state index contributed by atoms with van der Waals surface area (Å²) in [4.78, 5) is 0. The summed E-state index contributed by atoms with van der Waals surface area (Å²) in [7, 11) is 0. The maximum Gasteiger partial charge on any atom is 0.0697 e. The summed E-state index contributed by atoms with van der Waals surface area (Å²) in [5, 5.41) is 12.3. The summed E-state index contributed by atoms with van der Waals surface area (Å²) in [6.07, 6.45) is 2.66. The Balaban J connectivity index is 2.31. The lowest BCUT2D eigenvalue weighted by molar-refractivity contribution is 0.334. The summed E-state index contributed by atoms with van der Waals surface area (Å²) in [6.45, 7) is 9.27. The van der Waals surface area contributed by atoms with Gasteiger partial charge in [0.25, 0.3) is 0 Å². The van der Waals surface area contributed by atoms with Crippen LogP contribution in [0.3, 0.4) is 0 Å². The molecule has 1 fully saturated rings. The fourth-order valence-electron chi connectivity index (χ4n) is 1.32. The van der Waals surface area contributed by atoms with Gasteiger partial charge in [-0.25, -0.2) is 0 Å². The van der Waals surface area contributed by atoms with Gasteiger partial charge < -0.3 is 5.32 Å². The SMILES string of the molecule is CC(NCC(C)(C)C#N)C1(C)CC1. The molecular weight excluding hydrogens is 160 g/mol. The zero-order valence-electron chi connectivity index (χ0n) is 9.15. The summed E-state index contributed by atoms with van der Waals surface area (Å²) in [5.41, 5.74) is 0.269. The minimum absolute atomic E-state index is 0.237. The first kappa shape index (κ1) is 10.5. The van der Waals surface area contributed by atoms with Gasteiger partial charge in [0, 0.05) is 12.6 Å². The first-order chi connectivity index (χ1) is 5.90. The quantitative estimate of drug-likeness (QED) is 0.720. The van der Waals surface area contributed by atoms with Gasteiger partial charge in [0.05, 0.1) is 11.5 Å². The normalized spacial score (nSPS) is 22.1. The summed E-state index contributed by atoms with van der Waals surface area (Å²) in [6, 6.07) is 2.85. The van der Waals surface area contributed by atoms with E-state index in [1.807, 2.05) is 13.8 Å². The lowest BCUT2D eigenvalue weighted by atomic mass is 9.93. The van der Waals surface area contributed by atoms with Crippen LogP contribution < -0.4 is 5.32 Å². The van der Waals surface area contributed by atoms with E-state index in [0.717, 1.165) is 6.54 Å². The molecule has 2 nitrogen and oxygen atoms in total. The Bertz CT molecular complexity index is 221. The van der Waals surface area contributed by atoms with E-state index in [0.29, 0.717) is 11.5 Å². The van der Waals surface area contributed by atoms with Crippen LogP contribution in [0.15, 0.2) is 0 Å². The third kappa shape index (κ3) is 2.70. The van der Waals surface area contributed by atoms with Gasteiger partial charge in [0.15, 0.2) is 0 Å². The van der Waals surface area contributed by atoms with Crippen molar-refractivity contribution in [2.24, 2.45) is 10.8 Å². The first-order valence-electron chi connectivity index (χ1n) is 5.04. The summed E-state index contributed by atoms with van der Waals surface area (Å²) < 4.78 is 0. The first-order valence-corrected chi connectivity index (χ1v) is 5.04. The average Bonchev–Trinajstić information content (AvgIpc) is 2.81. The molecule has 1 unspecified atom stereocenters. The third-order valence-corrected chi connectivity index (χ3v) is 3.24. The highest BCUT2D eigenvalue weighted by atomic mass is 14.9. The second-order valence-corrected chi connectivity index (χ2v) is 5.25. The number of hydrogen-bond acceptors (Lipinski definition) is 2. The number of rotatable bonds is 4. The Morgan fingerprint density at radius 2 is 2.08 bits per heavy atom. The van der Waals surface area contributed by atoms with Crippen LogP contribution in [-0.4, -0.2) is 12.6 Å². The minimum atomic E-state index is -0.237. The molecule has 0 heterocycles. The van der Waals surface area contributed by atoms with Gasteiger partial charge in [-0.1, -0.05) is 6.92 Å². The van der Waals surface area contributed by atoms with Crippen molar-refractivity contribution in [1.82, 2.24) is 5.32 Å². The van der Waals surface area contributed by atoms with E-state index in [9.17, 15) is 0 Å². The zero-order valence-corrected chi connectivity index (χ0v) is 9.15. The molecule has 0 amide bonds. The van der Waals surface area contributed by atoms with Gasteiger partial charge >= 0.3 is 0 Å². The maximum atomic E-state index is 8.84. The van der Waals surface area contributed by atoms with Crippen LogP contribution in [0.2, 0.25) is 0 Å². The lowest BCUT2D eigenvalue weighted by Gasteiger charge is -2.24. The largest absolute Gasteiger partial charge is 0.312 e. The number of hydrogen-bond donors (Lipinski definition) is 1. The van der Waals surface area contributed by atoms with Crippen molar-refractivity contribution < 1.29 is 0 Å². The molecule has 1 rings (SSSR count). The maximum absolute atomic E-state index is 8.84. The van der Waals surface area contributed by atoms with Crippen molar-refractivity contribution in [1.29, 1.82) is 5.26 Å². The van der Waals surface area contributed by atoms with Gasteiger partial charge in [-0.2, -0.15) is 5.26 Å². The van der Waals surface area contributed by atoms with E-state index in [4.69, 9.17) is 5.26 Å². The summed E-state index contributed by atoms with van der Waals surface area (Å²) in [5.74, 6) is 0. The number of nitriles is 1. The van der Waals surface area contributed by atoms with Crippen LogP contribution >= 0.6 is 0 Å². The van der Waals surface area contributed by atoms with Crippen molar-refractivity contribution in [2.75, 3.05) is 6.54 Å². The predicted octanol–water partition coefficient (Wildman–Crippen LogP) is 2.31. The smallest absolute Gasteiger partial charge is 0.0697 e. The van der Waals surface area contributed by atoms with Crippen LogP contribution in [-0.2, 0) is 0 Å². The van der Waals surface area contributed by atoms with Crippen LogP contribution in [0, 0.1) is 22.2 Å². The molecule has 13 heavy (non-hydrogen) atoms. The van der Waals surface area contributed by atoms with Crippen molar-refractivity contribution in [3.05, 3.63) is 0 Å². The Morgan fingerprint density at radius 3 is 2.46 bits per heavy atom. The average molecular weight is 180 g/mol. The summed E-state index contributed by atoms with van der Waals surface area (Å²) >= 11 is 0. The van der Waals surface area contributed by atoms with Gasteiger partial charge in [0.2, 0.25) is 0 Å². The second kappa shape index (κ2) is 3.31. The third-order valence-electron chi connectivity index (χ3n) is 3.24. The Morgan fingerprint density at radius 1 is 1.54 bits per heavy atom. The fourth-order valence-corrected chi connectivity index (χ4v) is 1.32. The molecule has 1 N–H and O–H groups in total. The number of nitrogens with zero attached hydrogens (tertiary/aromatic N) is 1. The molecule has 74 valence electrons. The Labute approximate surface area is 81.3 Å². The molecule has 1 atom stereocenters. The van der Waals surface area contributed by atoms with Crippen LogP contribution in [0.1, 0.15) is 40.5 Å². The topological polar surface area (TPSA) is 35.8 Å². The van der Waals surface area contributed by atoms with Gasteiger partial charge in [-0.15, -0.1) is 0 Å². The van der Waals surface area contributed by atoms with E-state index >= 15 is 0 Å². The van der Waals surface area contributed by atoms with E-state index in [1.165, 1.54) is 12.8 Å². The molecular formula is C11H20N2. The van der Waals surface area contributed by atoms with Crippen molar-refractivity contribution in [3.63, 3.8) is 0 Å². The molecule has 0 saturated heterocycles. The molecule has 1 aliphatic carbocycles. The predicted molar refractivity (Wildman–Crippen MR) is 54.2 cm³/mol. The van der Waals surface area contributed by atoms with Gasteiger partial charge in [-0.05, 0) is 39.0 Å². The minimum Gasteiger partial charge on any atom is -0.312 e. The van der Waals surface area contributed by atoms with Crippen molar-refractivity contribution >= 4 is 0 Å². The van der Waals surface area contributed by atoms with Crippen LogP contribution in [0.25, 0.3) is 0 Å². The molecule has 0 aliphatic heterocycles. The molecule has 2 heteroatoms. The van der Waals surface area contributed by atoms with Crippen molar-refractivity contribution in [2.45, 2.75) is 46.6 Å². The van der Waals surface area contributed by atoms with E-state index in [-0.39, 0.29) is 5.41 Å². The van der Waals surface area contributed by atoms with E-state index in [1.54, 1.807) is 0 Å². The number of nitrogens with one attached hydrogen (secondary N) is 1. The lowest BCUT2D eigenvalue weighted by Crippen LogP contribution is -2.39. The fraction of sp³-hybridized carbons (Fsp3) is 0.909. The van der Waals surface area contributed by atoms with E-state index < -0.39 is 0 Å².